The van der Waals surface area contributed by atoms with Gasteiger partial charge in [0.2, 0.25) is 0 Å². The molecule has 0 radical (unpaired) electrons. The second-order valence-electron chi connectivity index (χ2n) is 3.99. The average Bonchev–Trinajstić information content (AvgIpc) is 2.40. The van der Waals surface area contributed by atoms with E-state index in [9.17, 15) is 8.42 Å². The Morgan fingerprint density at radius 1 is 1.37 bits per heavy atom. The van der Waals surface area contributed by atoms with Crippen molar-refractivity contribution in [3.05, 3.63) is 29.8 Å². The number of nitrogens with zero attached hydrogens (tertiary/aromatic N) is 2. The van der Waals surface area contributed by atoms with Crippen LogP contribution in [0.2, 0.25) is 0 Å². The number of unbranched alkanes of at least 4 members (excludes halogenated alkanes) is 1. The molecule has 0 bridgehead atoms. The van der Waals surface area contributed by atoms with E-state index in [-0.39, 0.29) is 11.5 Å². The first kappa shape index (κ1) is 15.2. The van der Waals surface area contributed by atoms with Crippen LogP contribution in [0, 0.1) is 11.3 Å². The van der Waals surface area contributed by atoms with E-state index in [1.165, 1.54) is 0 Å². The standard InChI is InChI=1S/C13H17N3O2S/c1-2-19(17,18)11-12-5-7-13(8-6-12)16-15-10-4-3-9-14/h5-8,10,16H,2-4,11H2,1H3/b15-10+. The third-order valence-electron chi connectivity index (χ3n) is 2.45. The van der Waals surface area contributed by atoms with Gasteiger partial charge in [-0.05, 0) is 24.1 Å². The van der Waals surface area contributed by atoms with E-state index >= 15 is 0 Å². The van der Waals surface area contributed by atoms with Crippen LogP contribution in [-0.2, 0) is 15.6 Å². The number of benzene rings is 1. The van der Waals surface area contributed by atoms with Crippen LogP contribution in [0.5, 0.6) is 0 Å². The van der Waals surface area contributed by atoms with E-state index in [0.717, 1.165) is 11.3 Å². The summed E-state index contributed by atoms with van der Waals surface area (Å²) < 4.78 is 22.9. The zero-order valence-corrected chi connectivity index (χ0v) is 11.7. The van der Waals surface area contributed by atoms with Gasteiger partial charge in [0.25, 0.3) is 0 Å². The number of hydrogen-bond acceptors (Lipinski definition) is 5. The van der Waals surface area contributed by atoms with Gasteiger partial charge in [-0.2, -0.15) is 10.4 Å². The zero-order valence-electron chi connectivity index (χ0n) is 10.8. The fourth-order valence-corrected chi connectivity index (χ4v) is 2.25. The van der Waals surface area contributed by atoms with Crippen molar-refractivity contribution in [3.8, 4) is 6.07 Å². The fourth-order valence-electron chi connectivity index (χ4n) is 1.35. The molecule has 0 heterocycles. The van der Waals surface area contributed by atoms with Crippen LogP contribution in [0.15, 0.2) is 29.4 Å². The number of sulfone groups is 1. The summed E-state index contributed by atoms with van der Waals surface area (Å²) in [6.45, 7) is 1.64. The molecule has 0 aliphatic heterocycles. The molecular weight excluding hydrogens is 262 g/mol. The van der Waals surface area contributed by atoms with Crippen LogP contribution in [0.25, 0.3) is 0 Å². The first-order valence-electron chi connectivity index (χ1n) is 6.01. The lowest BCUT2D eigenvalue weighted by molar-refractivity contribution is 0.596. The van der Waals surface area contributed by atoms with Gasteiger partial charge in [-0.15, -0.1) is 0 Å². The van der Waals surface area contributed by atoms with Crippen molar-refractivity contribution in [1.82, 2.24) is 0 Å². The SMILES string of the molecule is CCS(=O)(=O)Cc1ccc(N/N=C/CCC#N)cc1. The second-order valence-corrected chi connectivity index (χ2v) is 6.35. The maximum Gasteiger partial charge on any atom is 0.154 e. The first-order chi connectivity index (χ1) is 9.07. The Bertz CT molecular complexity index is 557. The molecule has 1 aromatic rings. The van der Waals surface area contributed by atoms with Crippen LogP contribution in [-0.4, -0.2) is 20.4 Å². The van der Waals surface area contributed by atoms with Crippen LogP contribution in [0.1, 0.15) is 25.3 Å². The number of nitriles is 1. The lowest BCUT2D eigenvalue weighted by Crippen LogP contribution is -2.06. The molecule has 0 unspecified atom stereocenters. The Labute approximate surface area is 113 Å². The molecule has 1 N–H and O–H groups in total. The molecule has 6 heteroatoms. The molecule has 0 saturated heterocycles. The topological polar surface area (TPSA) is 82.3 Å². The van der Waals surface area contributed by atoms with Gasteiger partial charge in [0.15, 0.2) is 9.84 Å². The van der Waals surface area contributed by atoms with Crippen molar-refractivity contribution in [2.75, 3.05) is 11.2 Å². The van der Waals surface area contributed by atoms with Gasteiger partial charge in [0.05, 0.1) is 17.5 Å². The number of hydrogen-bond donors (Lipinski definition) is 1. The highest BCUT2D eigenvalue weighted by molar-refractivity contribution is 7.90. The summed E-state index contributed by atoms with van der Waals surface area (Å²) in [5, 5.41) is 12.3. The molecule has 0 saturated carbocycles. The fraction of sp³-hybridized carbons (Fsp3) is 0.385. The molecular formula is C13H17N3O2S. The zero-order chi connectivity index (χ0) is 14.1. The van der Waals surface area contributed by atoms with Crippen molar-refractivity contribution in [3.63, 3.8) is 0 Å². The predicted molar refractivity (Wildman–Crippen MR) is 76.6 cm³/mol. The maximum absolute atomic E-state index is 11.5. The van der Waals surface area contributed by atoms with E-state index in [4.69, 9.17) is 5.26 Å². The van der Waals surface area contributed by atoms with E-state index in [1.807, 2.05) is 6.07 Å². The minimum Gasteiger partial charge on any atom is -0.279 e. The van der Waals surface area contributed by atoms with Gasteiger partial charge in [-0.25, -0.2) is 8.42 Å². The molecule has 0 aromatic heterocycles. The summed E-state index contributed by atoms with van der Waals surface area (Å²) >= 11 is 0. The van der Waals surface area contributed by atoms with Gasteiger partial charge in [0.1, 0.15) is 0 Å². The molecule has 19 heavy (non-hydrogen) atoms. The molecule has 5 nitrogen and oxygen atoms in total. The van der Waals surface area contributed by atoms with E-state index < -0.39 is 9.84 Å². The van der Waals surface area contributed by atoms with E-state index in [1.54, 1.807) is 37.4 Å². The maximum atomic E-state index is 11.5. The summed E-state index contributed by atoms with van der Waals surface area (Å²) in [7, 11) is -2.99. The summed E-state index contributed by atoms with van der Waals surface area (Å²) in [5.74, 6) is 0.214. The smallest absolute Gasteiger partial charge is 0.154 e. The lowest BCUT2D eigenvalue weighted by Gasteiger charge is -2.04. The van der Waals surface area contributed by atoms with Gasteiger partial charge in [-0.1, -0.05) is 19.1 Å². The molecule has 1 aromatic carbocycles. The highest BCUT2D eigenvalue weighted by atomic mass is 32.2. The van der Waals surface area contributed by atoms with Crippen molar-refractivity contribution in [2.24, 2.45) is 5.10 Å². The number of nitrogens with one attached hydrogen (secondary N) is 1. The molecule has 102 valence electrons. The summed E-state index contributed by atoms with van der Waals surface area (Å²) in [5.41, 5.74) is 4.37. The highest BCUT2D eigenvalue weighted by Crippen LogP contribution is 2.12. The van der Waals surface area contributed by atoms with Gasteiger partial charge >= 0.3 is 0 Å². The molecule has 0 atom stereocenters. The third kappa shape index (κ3) is 6.02. The van der Waals surface area contributed by atoms with Crippen LogP contribution >= 0.6 is 0 Å². The Morgan fingerprint density at radius 2 is 2.05 bits per heavy atom. The van der Waals surface area contributed by atoms with Crippen molar-refractivity contribution >= 4 is 21.7 Å². The number of hydrazone groups is 1. The van der Waals surface area contributed by atoms with Gasteiger partial charge < -0.3 is 0 Å². The Hall–Kier alpha value is -1.87. The van der Waals surface area contributed by atoms with Crippen LogP contribution < -0.4 is 5.43 Å². The van der Waals surface area contributed by atoms with E-state index in [0.29, 0.717) is 12.8 Å². The largest absolute Gasteiger partial charge is 0.279 e. The van der Waals surface area contributed by atoms with Crippen LogP contribution in [0.3, 0.4) is 0 Å². The second kappa shape index (κ2) is 7.54. The minimum absolute atomic E-state index is 0.0647. The molecule has 0 amide bonds. The normalized spacial score (nSPS) is 11.4. The number of anilines is 1. The Kier molecular flexibility index (Phi) is 6.03. The minimum atomic E-state index is -2.99. The van der Waals surface area contributed by atoms with E-state index in [2.05, 4.69) is 10.5 Å². The molecule has 0 spiro atoms. The molecule has 0 fully saturated rings. The van der Waals surface area contributed by atoms with Crippen molar-refractivity contribution < 1.29 is 8.42 Å². The lowest BCUT2D eigenvalue weighted by atomic mass is 10.2. The number of rotatable bonds is 7. The molecule has 0 aliphatic rings. The van der Waals surface area contributed by atoms with Crippen molar-refractivity contribution in [2.45, 2.75) is 25.5 Å². The van der Waals surface area contributed by atoms with Gasteiger partial charge in [0, 0.05) is 18.4 Å². The third-order valence-corrected chi connectivity index (χ3v) is 4.10. The van der Waals surface area contributed by atoms with Gasteiger partial charge in [-0.3, -0.25) is 5.43 Å². The Morgan fingerprint density at radius 3 is 2.63 bits per heavy atom. The molecule has 0 aliphatic carbocycles. The quantitative estimate of drug-likeness (QED) is 0.472. The summed E-state index contributed by atoms with van der Waals surface area (Å²) in [6, 6.07) is 9.11. The first-order valence-corrected chi connectivity index (χ1v) is 7.83. The predicted octanol–water partition coefficient (Wildman–Crippen LogP) is 2.32. The average molecular weight is 279 g/mol. The monoisotopic (exact) mass is 279 g/mol. The van der Waals surface area contributed by atoms with Crippen molar-refractivity contribution in [1.29, 1.82) is 5.26 Å². The Balaban J connectivity index is 2.53. The van der Waals surface area contributed by atoms with Crippen LogP contribution in [0.4, 0.5) is 5.69 Å². The molecule has 1 rings (SSSR count). The summed E-state index contributed by atoms with van der Waals surface area (Å²) in [6.07, 6.45) is 2.69. The highest BCUT2D eigenvalue weighted by Gasteiger charge is 2.08. The summed E-state index contributed by atoms with van der Waals surface area (Å²) in [4.78, 5) is 0.